The second kappa shape index (κ2) is 5.41. The Morgan fingerprint density at radius 1 is 1.37 bits per heavy atom. The molecule has 0 aliphatic rings. The number of hydrogen-bond acceptors (Lipinski definition) is 6. The van der Waals surface area contributed by atoms with Crippen LogP contribution >= 0.6 is 11.3 Å². The summed E-state index contributed by atoms with van der Waals surface area (Å²) in [5.41, 5.74) is 5.37. The molecule has 1 amide bonds. The van der Waals surface area contributed by atoms with Gasteiger partial charge < -0.3 is 11.1 Å². The zero-order valence-corrected chi connectivity index (χ0v) is 11.6. The van der Waals surface area contributed by atoms with Gasteiger partial charge in [-0.2, -0.15) is 0 Å². The van der Waals surface area contributed by atoms with Crippen LogP contribution in [0.4, 0.5) is 0 Å². The molecule has 100 valence electrons. The van der Waals surface area contributed by atoms with Crippen LogP contribution in [0.2, 0.25) is 0 Å². The van der Waals surface area contributed by atoms with E-state index in [2.05, 4.69) is 20.3 Å². The molecule has 6 nitrogen and oxygen atoms in total. The molecule has 0 saturated heterocycles. The molecule has 2 heterocycles. The lowest BCUT2D eigenvalue weighted by atomic mass is 10.1. The third kappa shape index (κ3) is 3.80. The standard InChI is InChI=1S/C12H15N5OS/c1-12(2,13)7-17-10(18)8-6-16-11(19-8)9-14-4-3-5-15-9/h3-6H,7,13H2,1-2H3,(H,17,18). The minimum absolute atomic E-state index is 0.182. The van der Waals surface area contributed by atoms with E-state index in [-0.39, 0.29) is 5.91 Å². The first kappa shape index (κ1) is 13.6. The van der Waals surface area contributed by atoms with Crippen molar-refractivity contribution in [3.8, 4) is 10.8 Å². The van der Waals surface area contributed by atoms with Crippen LogP contribution in [0.3, 0.4) is 0 Å². The summed E-state index contributed by atoms with van der Waals surface area (Å²) in [4.78, 5) is 24.8. The number of nitrogens with zero attached hydrogens (tertiary/aromatic N) is 3. The SMILES string of the molecule is CC(C)(N)CNC(=O)c1cnc(-c2ncccn2)s1. The summed E-state index contributed by atoms with van der Waals surface area (Å²) in [5.74, 6) is 0.337. The third-order valence-corrected chi connectivity index (χ3v) is 3.18. The van der Waals surface area contributed by atoms with Crippen LogP contribution in [0, 0.1) is 0 Å². The minimum Gasteiger partial charge on any atom is -0.349 e. The number of carbonyl (C=O) groups excluding carboxylic acids is 1. The molecule has 0 saturated carbocycles. The number of rotatable bonds is 4. The Morgan fingerprint density at radius 3 is 2.68 bits per heavy atom. The van der Waals surface area contributed by atoms with Gasteiger partial charge in [0.15, 0.2) is 10.8 Å². The van der Waals surface area contributed by atoms with Crippen molar-refractivity contribution in [2.75, 3.05) is 6.54 Å². The van der Waals surface area contributed by atoms with Crippen molar-refractivity contribution in [3.63, 3.8) is 0 Å². The van der Waals surface area contributed by atoms with Crippen molar-refractivity contribution in [3.05, 3.63) is 29.5 Å². The summed E-state index contributed by atoms with van der Waals surface area (Å²) in [6, 6.07) is 1.73. The van der Waals surface area contributed by atoms with E-state index < -0.39 is 5.54 Å². The van der Waals surface area contributed by atoms with Crippen molar-refractivity contribution >= 4 is 17.2 Å². The topological polar surface area (TPSA) is 93.8 Å². The van der Waals surface area contributed by atoms with Crippen LogP contribution in [-0.4, -0.2) is 32.9 Å². The van der Waals surface area contributed by atoms with Crippen LogP contribution in [0.25, 0.3) is 10.8 Å². The maximum atomic E-state index is 11.9. The second-order valence-electron chi connectivity index (χ2n) is 4.77. The smallest absolute Gasteiger partial charge is 0.263 e. The van der Waals surface area contributed by atoms with Crippen LogP contribution in [0.1, 0.15) is 23.5 Å². The van der Waals surface area contributed by atoms with Gasteiger partial charge in [0.2, 0.25) is 0 Å². The third-order valence-electron chi connectivity index (χ3n) is 2.19. The van der Waals surface area contributed by atoms with Crippen LogP contribution < -0.4 is 11.1 Å². The number of carbonyl (C=O) groups is 1. The largest absolute Gasteiger partial charge is 0.349 e. The number of amides is 1. The Balaban J connectivity index is 2.07. The quantitative estimate of drug-likeness (QED) is 0.871. The molecule has 3 N–H and O–H groups in total. The predicted molar refractivity (Wildman–Crippen MR) is 73.7 cm³/mol. The molecule has 0 unspecified atom stereocenters. The normalized spacial score (nSPS) is 11.3. The van der Waals surface area contributed by atoms with E-state index in [1.165, 1.54) is 17.5 Å². The lowest BCUT2D eigenvalue weighted by molar-refractivity contribution is 0.0950. The zero-order valence-electron chi connectivity index (χ0n) is 10.8. The number of thiazole rings is 1. The monoisotopic (exact) mass is 277 g/mol. The maximum absolute atomic E-state index is 11.9. The summed E-state index contributed by atoms with van der Waals surface area (Å²) >= 11 is 1.26. The molecule has 19 heavy (non-hydrogen) atoms. The fourth-order valence-corrected chi connectivity index (χ4v) is 2.07. The lowest BCUT2D eigenvalue weighted by Gasteiger charge is -2.18. The molecular weight excluding hydrogens is 262 g/mol. The molecule has 2 rings (SSSR count). The van der Waals surface area contributed by atoms with Gasteiger partial charge in [0.25, 0.3) is 5.91 Å². The zero-order chi connectivity index (χ0) is 13.9. The van der Waals surface area contributed by atoms with Crippen molar-refractivity contribution in [2.24, 2.45) is 5.73 Å². The predicted octanol–water partition coefficient (Wildman–Crippen LogP) is 1.07. The average molecular weight is 277 g/mol. The molecule has 0 radical (unpaired) electrons. The molecule has 2 aromatic rings. The highest BCUT2D eigenvalue weighted by Crippen LogP contribution is 2.21. The summed E-state index contributed by atoms with van der Waals surface area (Å²) < 4.78 is 0. The first-order valence-corrected chi connectivity index (χ1v) is 6.58. The Hall–Kier alpha value is -1.86. The number of aromatic nitrogens is 3. The molecule has 2 aromatic heterocycles. The summed E-state index contributed by atoms with van der Waals surface area (Å²) in [6.45, 7) is 4.10. The van der Waals surface area contributed by atoms with Crippen LogP contribution in [-0.2, 0) is 0 Å². The Bertz CT molecular complexity index is 561. The van der Waals surface area contributed by atoms with E-state index in [0.29, 0.717) is 22.3 Å². The molecular formula is C12H15N5OS. The van der Waals surface area contributed by atoms with Crippen LogP contribution in [0.5, 0.6) is 0 Å². The Morgan fingerprint density at radius 2 is 2.05 bits per heavy atom. The van der Waals surface area contributed by atoms with Gasteiger partial charge in [-0.1, -0.05) is 0 Å². The van der Waals surface area contributed by atoms with Gasteiger partial charge in [0, 0.05) is 24.5 Å². The van der Waals surface area contributed by atoms with Gasteiger partial charge in [-0.15, -0.1) is 11.3 Å². The van der Waals surface area contributed by atoms with Gasteiger partial charge >= 0.3 is 0 Å². The molecule has 0 aromatic carbocycles. The Kier molecular flexibility index (Phi) is 3.87. The van der Waals surface area contributed by atoms with E-state index in [0.717, 1.165) is 0 Å². The highest BCUT2D eigenvalue weighted by Gasteiger charge is 2.16. The van der Waals surface area contributed by atoms with Crippen molar-refractivity contribution in [1.29, 1.82) is 0 Å². The van der Waals surface area contributed by atoms with E-state index in [4.69, 9.17) is 5.73 Å². The molecule has 0 bridgehead atoms. The van der Waals surface area contributed by atoms with Gasteiger partial charge in [-0.25, -0.2) is 15.0 Å². The van der Waals surface area contributed by atoms with Crippen molar-refractivity contribution in [2.45, 2.75) is 19.4 Å². The molecule has 0 fully saturated rings. The number of hydrogen-bond donors (Lipinski definition) is 2. The average Bonchev–Trinajstić information content (AvgIpc) is 2.86. The Labute approximate surface area is 115 Å². The first-order valence-electron chi connectivity index (χ1n) is 5.76. The fraction of sp³-hybridized carbons (Fsp3) is 0.333. The van der Waals surface area contributed by atoms with Crippen molar-refractivity contribution < 1.29 is 4.79 Å². The second-order valence-corrected chi connectivity index (χ2v) is 5.80. The molecule has 0 aliphatic heterocycles. The van der Waals surface area contributed by atoms with Gasteiger partial charge in [-0.05, 0) is 19.9 Å². The van der Waals surface area contributed by atoms with E-state index in [1.807, 2.05) is 13.8 Å². The van der Waals surface area contributed by atoms with E-state index >= 15 is 0 Å². The van der Waals surface area contributed by atoms with Gasteiger partial charge in [0.05, 0.1) is 6.20 Å². The first-order chi connectivity index (χ1) is 8.96. The summed E-state index contributed by atoms with van der Waals surface area (Å²) in [6.07, 6.45) is 4.80. The lowest BCUT2D eigenvalue weighted by Crippen LogP contribution is -2.44. The number of nitrogens with two attached hydrogens (primary N) is 1. The van der Waals surface area contributed by atoms with E-state index in [1.54, 1.807) is 18.5 Å². The molecule has 0 spiro atoms. The summed E-state index contributed by atoms with van der Waals surface area (Å²) in [5, 5.41) is 3.39. The maximum Gasteiger partial charge on any atom is 0.263 e. The van der Waals surface area contributed by atoms with Crippen molar-refractivity contribution in [1.82, 2.24) is 20.3 Å². The summed E-state index contributed by atoms with van der Waals surface area (Å²) in [7, 11) is 0. The van der Waals surface area contributed by atoms with Crippen LogP contribution in [0.15, 0.2) is 24.7 Å². The highest BCUT2D eigenvalue weighted by atomic mass is 32.1. The number of nitrogens with one attached hydrogen (secondary N) is 1. The van der Waals surface area contributed by atoms with Gasteiger partial charge in [-0.3, -0.25) is 4.79 Å². The van der Waals surface area contributed by atoms with Gasteiger partial charge in [0.1, 0.15) is 4.88 Å². The van der Waals surface area contributed by atoms with E-state index in [9.17, 15) is 4.79 Å². The fourth-order valence-electron chi connectivity index (χ4n) is 1.29. The molecule has 0 atom stereocenters. The molecule has 0 aliphatic carbocycles. The minimum atomic E-state index is -0.439. The highest BCUT2D eigenvalue weighted by molar-refractivity contribution is 7.16. The molecule has 7 heteroatoms.